The highest BCUT2D eigenvalue weighted by molar-refractivity contribution is 5.67. The Morgan fingerprint density at radius 2 is 1.85 bits per heavy atom. The molecule has 1 N–H and O–H groups in total. The summed E-state index contributed by atoms with van der Waals surface area (Å²) < 4.78 is 5.21. The first-order valence-corrected chi connectivity index (χ1v) is 7.75. The molecule has 1 unspecified atom stereocenters. The van der Waals surface area contributed by atoms with Gasteiger partial charge in [0.15, 0.2) is 0 Å². The molecule has 0 aromatic heterocycles. The van der Waals surface area contributed by atoms with E-state index in [0.29, 0.717) is 12.6 Å². The fourth-order valence-electron chi connectivity index (χ4n) is 2.32. The first-order valence-electron chi connectivity index (χ1n) is 7.75. The second kappa shape index (κ2) is 7.84. The summed E-state index contributed by atoms with van der Waals surface area (Å²) in [6.45, 7) is 16.1. The second-order valence-electron chi connectivity index (χ2n) is 6.56. The zero-order chi connectivity index (χ0) is 15.2. The van der Waals surface area contributed by atoms with Crippen LogP contribution in [0, 0.1) is 0 Å². The van der Waals surface area contributed by atoms with Crippen LogP contribution < -0.4 is 5.32 Å². The molecule has 5 heteroatoms. The molecule has 1 amide bonds. The third-order valence-electron chi connectivity index (χ3n) is 3.72. The standard InChI is InChI=1S/C15H31N3O2/c1-6-13(2)18-11-9-17(10-12-18)8-7-16-14(19)20-15(3,4)5/h13H,6-12H2,1-5H3,(H,16,19). The van der Waals surface area contributed by atoms with Crippen LogP contribution in [0.1, 0.15) is 41.0 Å². The fraction of sp³-hybridized carbons (Fsp3) is 0.933. The van der Waals surface area contributed by atoms with Crippen LogP contribution in [0.3, 0.4) is 0 Å². The number of alkyl carbamates (subject to hydrolysis) is 1. The van der Waals surface area contributed by atoms with Gasteiger partial charge in [-0.2, -0.15) is 0 Å². The molecule has 0 bridgehead atoms. The summed E-state index contributed by atoms with van der Waals surface area (Å²) >= 11 is 0. The van der Waals surface area contributed by atoms with Crippen molar-refractivity contribution in [1.29, 1.82) is 0 Å². The minimum Gasteiger partial charge on any atom is -0.444 e. The predicted octanol–water partition coefficient (Wildman–Crippen LogP) is 1.93. The van der Waals surface area contributed by atoms with Crippen molar-refractivity contribution in [1.82, 2.24) is 15.1 Å². The van der Waals surface area contributed by atoms with Gasteiger partial charge < -0.3 is 10.1 Å². The molecule has 0 radical (unpaired) electrons. The van der Waals surface area contributed by atoms with Gasteiger partial charge in [0.25, 0.3) is 0 Å². The quantitative estimate of drug-likeness (QED) is 0.838. The lowest BCUT2D eigenvalue weighted by molar-refractivity contribution is 0.0512. The third-order valence-corrected chi connectivity index (χ3v) is 3.72. The maximum absolute atomic E-state index is 11.5. The molecular weight excluding hydrogens is 254 g/mol. The minimum atomic E-state index is -0.425. The Bertz CT molecular complexity index is 294. The van der Waals surface area contributed by atoms with E-state index in [9.17, 15) is 4.79 Å². The van der Waals surface area contributed by atoms with E-state index in [1.54, 1.807) is 0 Å². The number of rotatable bonds is 5. The highest BCUT2D eigenvalue weighted by Gasteiger charge is 2.20. The Balaban J connectivity index is 2.14. The summed E-state index contributed by atoms with van der Waals surface area (Å²) in [6, 6.07) is 0.678. The van der Waals surface area contributed by atoms with E-state index >= 15 is 0 Å². The minimum absolute atomic E-state index is 0.323. The van der Waals surface area contributed by atoms with Gasteiger partial charge in [0.05, 0.1) is 0 Å². The number of nitrogens with one attached hydrogen (secondary N) is 1. The van der Waals surface area contributed by atoms with Crippen LogP contribution in [0.2, 0.25) is 0 Å². The molecule has 0 aliphatic carbocycles. The largest absolute Gasteiger partial charge is 0.444 e. The number of carbonyl (C=O) groups is 1. The molecule has 1 atom stereocenters. The van der Waals surface area contributed by atoms with Crippen LogP contribution >= 0.6 is 0 Å². The molecule has 1 saturated heterocycles. The third kappa shape index (κ3) is 6.57. The number of amides is 1. The van der Waals surface area contributed by atoms with Gasteiger partial charge in [0.1, 0.15) is 5.60 Å². The average Bonchev–Trinajstić information content (AvgIpc) is 2.36. The van der Waals surface area contributed by atoms with Crippen molar-refractivity contribution in [2.24, 2.45) is 0 Å². The normalized spacial score (nSPS) is 19.6. The fourth-order valence-corrected chi connectivity index (χ4v) is 2.32. The van der Waals surface area contributed by atoms with Gasteiger partial charge in [-0.1, -0.05) is 6.92 Å². The molecule has 118 valence electrons. The number of piperazine rings is 1. The maximum Gasteiger partial charge on any atom is 0.407 e. The molecule has 5 nitrogen and oxygen atoms in total. The topological polar surface area (TPSA) is 44.8 Å². The van der Waals surface area contributed by atoms with Crippen LogP contribution in [-0.4, -0.2) is 66.8 Å². The van der Waals surface area contributed by atoms with E-state index < -0.39 is 5.60 Å². The van der Waals surface area contributed by atoms with Crippen molar-refractivity contribution in [2.75, 3.05) is 39.3 Å². The van der Waals surface area contributed by atoms with E-state index in [0.717, 1.165) is 32.7 Å². The zero-order valence-corrected chi connectivity index (χ0v) is 13.7. The molecular formula is C15H31N3O2. The van der Waals surface area contributed by atoms with Crippen LogP contribution in [0.25, 0.3) is 0 Å². The lowest BCUT2D eigenvalue weighted by Crippen LogP contribution is -2.51. The Labute approximate surface area is 123 Å². The van der Waals surface area contributed by atoms with Gasteiger partial charge in [-0.05, 0) is 34.1 Å². The first kappa shape index (κ1) is 17.2. The van der Waals surface area contributed by atoms with E-state index in [4.69, 9.17) is 4.74 Å². The Morgan fingerprint density at radius 1 is 1.25 bits per heavy atom. The summed E-state index contributed by atoms with van der Waals surface area (Å²) in [7, 11) is 0. The Morgan fingerprint density at radius 3 is 2.35 bits per heavy atom. The lowest BCUT2D eigenvalue weighted by atomic mass is 10.2. The molecule has 1 heterocycles. The molecule has 0 aromatic rings. The van der Waals surface area contributed by atoms with Crippen molar-refractivity contribution in [3.8, 4) is 0 Å². The monoisotopic (exact) mass is 285 g/mol. The van der Waals surface area contributed by atoms with Gasteiger partial charge in [-0.3, -0.25) is 9.80 Å². The molecule has 1 aliphatic heterocycles. The predicted molar refractivity (Wildman–Crippen MR) is 82.0 cm³/mol. The van der Waals surface area contributed by atoms with Gasteiger partial charge in [-0.25, -0.2) is 4.79 Å². The highest BCUT2D eigenvalue weighted by Crippen LogP contribution is 2.08. The zero-order valence-electron chi connectivity index (χ0n) is 13.7. The summed E-state index contributed by atoms with van der Waals surface area (Å²) in [6.07, 6.45) is 0.885. The molecule has 0 saturated carbocycles. The second-order valence-corrected chi connectivity index (χ2v) is 6.56. The van der Waals surface area contributed by atoms with Crippen molar-refractivity contribution in [2.45, 2.75) is 52.7 Å². The van der Waals surface area contributed by atoms with Crippen LogP contribution in [0.5, 0.6) is 0 Å². The molecule has 20 heavy (non-hydrogen) atoms. The summed E-state index contributed by atoms with van der Waals surface area (Å²) in [5.41, 5.74) is -0.425. The average molecular weight is 285 g/mol. The SMILES string of the molecule is CCC(C)N1CCN(CCNC(=O)OC(C)(C)C)CC1. The van der Waals surface area contributed by atoms with E-state index in [-0.39, 0.29) is 6.09 Å². The van der Waals surface area contributed by atoms with Crippen molar-refractivity contribution in [3.63, 3.8) is 0 Å². The Hall–Kier alpha value is -0.810. The number of nitrogens with zero attached hydrogens (tertiary/aromatic N) is 2. The summed E-state index contributed by atoms with van der Waals surface area (Å²) in [5, 5.41) is 2.82. The van der Waals surface area contributed by atoms with Crippen molar-refractivity contribution < 1.29 is 9.53 Å². The summed E-state index contributed by atoms with van der Waals surface area (Å²) in [5.74, 6) is 0. The molecule has 1 rings (SSSR count). The van der Waals surface area contributed by atoms with Crippen molar-refractivity contribution in [3.05, 3.63) is 0 Å². The van der Waals surface area contributed by atoms with Gasteiger partial charge in [-0.15, -0.1) is 0 Å². The highest BCUT2D eigenvalue weighted by atomic mass is 16.6. The number of ether oxygens (including phenoxy) is 1. The van der Waals surface area contributed by atoms with Crippen LogP contribution in [0.4, 0.5) is 4.79 Å². The first-order chi connectivity index (χ1) is 9.31. The smallest absolute Gasteiger partial charge is 0.407 e. The number of hydrogen-bond acceptors (Lipinski definition) is 4. The van der Waals surface area contributed by atoms with Gasteiger partial charge in [0.2, 0.25) is 0 Å². The van der Waals surface area contributed by atoms with E-state index in [1.807, 2.05) is 20.8 Å². The van der Waals surface area contributed by atoms with Crippen molar-refractivity contribution >= 4 is 6.09 Å². The summed E-state index contributed by atoms with van der Waals surface area (Å²) in [4.78, 5) is 16.5. The number of hydrogen-bond donors (Lipinski definition) is 1. The maximum atomic E-state index is 11.5. The van der Waals surface area contributed by atoms with Crippen LogP contribution in [0.15, 0.2) is 0 Å². The lowest BCUT2D eigenvalue weighted by Gasteiger charge is -2.37. The Kier molecular flexibility index (Phi) is 6.76. The molecule has 1 fully saturated rings. The molecule has 1 aliphatic rings. The van der Waals surface area contributed by atoms with Crippen LogP contribution in [-0.2, 0) is 4.74 Å². The number of carbonyl (C=O) groups excluding carboxylic acids is 1. The molecule has 0 spiro atoms. The van der Waals surface area contributed by atoms with E-state index in [1.165, 1.54) is 6.42 Å². The van der Waals surface area contributed by atoms with E-state index in [2.05, 4.69) is 29.0 Å². The van der Waals surface area contributed by atoms with Gasteiger partial charge >= 0.3 is 6.09 Å². The van der Waals surface area contributed by atoms with Gasteiger partial charge in [0, 0.05) is 45.3 Å². The molecule has 0 aromatic carbocycles.